The lowest BCUT2D eigenvalue weighted by atomic mass is 9.89. The van der Waals surface area contributed by atoms with Crippen molar-refractivity contribution in [3.05, 3.63) is 95.5 Å². The first-order valence-corrected chi connectivity index (χ1v) is 8.45. The van der Waals surface area contributed by atoms with Crippen LogP contribution in [0.2, 0.25) is 5.02 Å². The van der Waals surface area contributed by atoms with Crippen LogP contribution in [0, 0.1) is 6.92 Å². The zero-order chi connectivity index (χ0) is 16.5. The van der Waals surface area contributed by atoms with Crippen LogP contribution in [0.1, 0.15) is 5.56 Å². The average Bonchev–Trinajstić information content (AvgIpc) is 2.64. The van der Waals surface area contributed by atoms with Crippen molar-refractivity contribution in [1.29, 1.82) is 0 Å². The Morgan fingerprint density at radius 3 is 1.88 bits per heavy atom. The summed E-state index contributed by atoms with van der Waals surface area (Å²) in [5, 5.41) is 3.33. The summed E-state index contributed by atoms with van der Waals surface area (Å²) in [6.07, 6.45) is 0. The van der Waals surface area contributed by atoms with E-state index in [9.17, 15) is 0 Å². The second kappa shape index (κ2) is 6.14. The van der Waals surface area contributed by atoms with E-state index >= 15 is 0 Å². The lowest BCUT2D eigenvalue weighted by molar-refractivity contribution is 1.50. The molecule has 4 aromatic carbocycles. The molecule has 0 N–H and O–H groups in total. The lowest BCUT2D eigenvalue weighted by Gasteiger charge is -2.15. The summed E-state index contributed by atoms with van der Waals surface area (Å²) < 4.78 is 0. The number of benzene rings is 4. The molecule has 24 heavy (non-hydrogen) atoms. The number of fused-ring (bicyclic) bond motifs is 1. The first-order chi connectivity index (χ1) is 11.7. The van der Waals surface area contributed by atoms with Crippen LogP contribution < -0.4 is 0 Å². The van der Waals surface area contributed by atoms with Gasteiger partial charge < -0.3 is 0 Å². The molecule has 0 amide bonds. The van der Waals surface area contributed by atoms with Crippen LogP contribution in [0.3, 0.4) is 0 Å². The van der Waals surface area contributed by atoms with E-state index < -0.39 is 0 Å². The van der Waals surface area contributed by atoms with Gasteiger partial charge in [0.2, 0.25) is 0 Å². The number of rotatable bonds is 2. The maximum atomic E-state index is 6.07. The normalized spacial score (nSPS) is 10.9. The minimum atomic E-state index is 0.762. The first kappa shape index (κ1) is 15.0. The monoisotopic (exact) mass is 328 g/mol. The van der Waals surface area contributed by atoms with Crippen molar-refractivity contribution in [2.75, 3.05) is 0 Å². The van der Waals surface area contributed by atoms with E-state index in [1.165, 1.54) is 38.6 Å². The predicted molar refractivity (Wildman–Crippen MR) is 105 cm³/mol. The Balaban J connectivity index is 2.05. The molecule has 0 atom stereocenters. The molecule has 0 saturated heterocycles. The van der Waals surface area contributed by atoms with Gasteiger partial charge >= 0.3 is 0 Å². The Bertz CT molecular complexity index is 999. The maximum Gasteiger partial charge on any atom is 0.0406 e. The van der Waals surface area contributed by atoms with Crippen molar-refractivity contribution in [1.82, 2.24) is 0 Å². The second-order valence-corrected chi connectivity index (χ2v) is 6.45. The van der Waals surface area contributed by atoms with E-state index in [1.54, 1.807) is 0 Å². The summed E-state index contributed by atoms with van der Waals surface area (Å²) in [5.74, 6) is 0. The highest BCUT2D eigenvalue weighted by molar-refractivity contribution is 6.30. The van der Waals surface area contributed by atoms with Gasteiger partial charge in [0.15, 0.2) is 0 Å². The molecular formula is C23H17Cl. The summed E-state index contributed by atoms with van der Waals surface area (Å²) >= 11 is 6.07. The molecule has 1 heteroatoms. The molecule has 116 valence electrons. The third kappa shape index (κ3) is 2.60. The summed E-state index contributed by atoms with van der Waals surface area (Å²) in [7, 11) is 0. The zero-order valence-corrected chi connectivity index (χ0v) is 14.2. The number of hydrogen-bond acceptors (Lipinski definition) is 0. The van der Waals surface area contributed by atoms with Gasteiger partial charge in [-0.05, 0) is 63.7 Å². The van der Waals surface area contributed by atoms with Gasteiger partial charge in [0.25, 0.3) is 0 Å². The number of aryl methyl sites for hydroxylation is 1. The molecule has 0 aromatic heterocycles. The SMILES string of the molecule is Cc1c(-c2ccccc2)cc(-c2ccc(Cl)cc2)c2ccccc12. The van der Waals surface area contributed by atoms with Crippen LogP contribution in [0.5, 0.6) is 0 Å². The van der Waals surface area contributed by atoms with Crippen molar-refractivity contribution in [2.45, 2.75) is 6.92 Å². The molecule has 0 spiro atoms. The van der Waals surface area contributed by atoms with Crippen LogP contribution in [0.4, 0.5) is 0 Å². The Kier molecular flexibility index (Phi) is 3.84. The van der Waals surface area contributed by atoms with E-state index in [2.05, 4.69) is 79.7 Å². The largest absolute Gasteiger partial charge is 0.0843 e. The topological polar surface area (TPSA) is 0 Å². The summed E-state index contributed by atoms with van der Waals surface area (Å²) in [6, 6.07) is 29.6. The van der Waals surface area contributed by atoms with E-state index in [-0.39, 0.29) is 0 Å². The summed E-state index contributed by atoms with van der Waals surface area (Å²) in [5.41, 5.74) is 6.27. The zero-order valence-electron chi connectivity index (χ0n) is 13.5. The molecule has 4 aromatic rings. The van der Waals surface area contributed by atoms with E-state index in [1.807, 2.05) is 12.1 Å². The Hall–Kier alpha value is -2.57. The summed E-state index contributed by atoms with van der Waals surface area (Å²) in [4.78, 5) is 0. The fourth-order valence-electron chi connectivity index (χ4n) is 3.31. The third-order valence-corrected chi connectivity index (χ3v) is 4.81. The molecule has 0 saturated carbocycles. The van der Waals surface area contributed by atoms with Crippen molar-refractivity contribution < 1.29 is 0 Å². The minimum absolute atomic E-state index is 0.762. The van der Waals surface area contributed by atoms with Gasteiger partial charge in [-0.1, -0.05) is 78.3 Å². The molecule has 0 unspecified atom stereocenters. The molecular weight excluding hydrogens is 312 g/mol. The Labute approximate surface area is 147 Å². The van der Waals surface area contributed by atoms with Crippen molar-refractivity contribution >= 4 is 22.4 Å². The van der Waals surface area contributed by atoms with Crippen molar-refractivity contribution in [2.24, 2.45) is 0 Å². The molecule has 0 aliphatic heterocycles. The van der Waals surface area contributed by atoms with Gasteiger partial charge in [0.1, 0.15) is 0 Å². The molecule has 0 aliphatic rings. The van der Waals surface area contributed by atoms with E-state index in [0.717, 1.165) is 5.02 Å². The molecule has 0 aliphatic carbocycles. The van der Waals surface area contributed by atoms with Gasteiger partial charge in [-0.15, -0.1) is 0 Å². The molecule has 0 fully saturated rings. The smallest absolute Gasteiger partial charge is 0.0406 e. The number of halogens is 1. The maximum absolute atomic E-state index is 6.07. The van der Waals surface area contributed by atoms with Crippen molar-refractivity contribution in [3.63, 3.8) is 0 Å². The predicted octanol–water partition coefficient (Wildman–Crippen LogP) is 7.14. The second-order valence-electron chi connectivity index (χ2n) is 6.02. The van der Waals surface area contributed by atoms with Gasteiger partial charge in [0.05, 0.1) is 0 Å². The van der Waals surface area contributed by atoms with E-state index in [0.29, 0.717) is 0 Å². The fourth-order valence-corrected chi connectivity index (χ4v) is 3.43. The molecule has 0 radical (unpaired) electrons. The van der Waals surface area contributed by atoms with Gasteiger partial charge in [-0.25, -0.2) is 0 Å². The third-order valence-electron chi connectivity index (χ3n) is 4.55. The highest BCUT2D eigenvalue weighted by Gasteiger charge is 2.11. The highest BCUT2D eigenvalue weighted by Crippen LogP contribution is 2.37. The molecule has 0 heterocycles. The van der Waals surface area contributed by atoms with Gasteiger partial charge in [-0.2, -0.15) is 0 Å². The summed E-state index contributed by atoms with van der Waals surface area (Å²) in [6.45, 7) is 2.20. The van der Waals surface area contributed by atoms with Crippen LogP contribution in [0.15, 0.2) is 84.9 Å². The van der Waals surface area contributed by atoms with Gasteiger partial charge in [0, 0.05) is 5.02 Å². The van der Waals surface area contributed by atoms with Crippen LogP contribution in [-0.4, -0.2) is 0 Å². The highest BCUT2D eigenvalue weighted by atomic mass is 35.5. The molecule has 0 nitrogen and oxygen atoms in total. The Morgan fingerprint density at radius 1 is 0.583 bits per heavy atom. The average molecular weight is 329 g/mol. The van der Waals surface area contributed by atoms with Crippen LogP contribution >= 0.6 is 11.6 Å². The standard InChI is InChI=1S/C23H17Cl/c1-16-20-9-5-6-10-21(20)23(18-11-13-19(24)14-12-18)15-22(16)17-7-3-2-4-8-17/h2-15H,1H3. The van der Waals surface area contributed by atoms with Crippen LogP contribution in [-0.2, 0) is 0 Å². The van der Waals surface area contributed by atoms with Crippen LogP contribution in [0.25, 0.3) is 33.0 Å². The lowest BCUT2D eigenvalue weighted by Crippen LogP contribution is -1.90. The Morgan fingerprint density at radius 2 is 1.17 bits per heavy atom. The molecule has 0 bridgehead atoms. The number of hydrogen-bond donors (Lipinski definition) is 0. The van der Waals surface area contributed by atoms with Gasteiger partial charge in [-0.3, -0.25) is 0 Å². The minimum Gasteiger partial charge on any atom is -0.0843 e. The quantitative estimate of drug-likeness (QED) is 0.367. The van der Waals surface area contributed by atoms with E-state index in [4.69, 9.17) is 11.6 Å². The first-order valence-electron chi connectivity index (χ1n) is 8.08. The molecule has 4 rings (SSSR count). The fraction of sp³-hybridized carbons (Fsp3) is 0.0435. The van der Waals surface area contributed by atoms with Crippen molar-refractivity contribution in [3.8, 4) is 22.3 Å².